The van der Waals surface area contributed by atoms with E-state index in [2.05, 4.69) is 15.3 Å². The molecule has 0 atom stereocenters. The molecule has 7 nitrogen and oxygen atoms in total. The fourth-order valence-electron chi connectivity index (χ4n) is 2.38. The van der Waals surface area contributed by atoms with E-state index >= 15 is 0 Å². The third-order valence-electron chi connectivity index (χ3n) is 3.88. The van der Waals surface area contributed by atoms with Crippen molar-refractivity contribution in [2.24, 2.45) is 0 Å². The number of benzene rings is 1. The highest BCUT2D eigenvalue weighted by atomic mass is 32.2. The molecule has 0 aliphatic heterocycles. The van der Waals surface area contributed by atoms with Crippen LogP contribution < -0.4 is 10.9 Å². The summed E-state index contributed by atoms with van der Waals surface area (Å²) in [6.07, 6.45) is 0. The third kappa shape index (κ3) is 3.88. The van der Waals surface area contributed by atoms with E-state index in [4.69, 9.17) is 0 Å². The number of amides is 1. The molecule has 0 fully saturated rings. The SMILES string of the molecule is Cc1c(C(=O)Nc2ccccc2)sc2nc(SC(C)(C)C(=O)O)[nH]c(=O)c12. The number of carboxylic acids is 1. The van der Waals surface area contributed by atoms with E-state index in [9.17, 15) is 19.5 Å². The number of anilines is 1. The minimum Gasteiger partial charge on any atom is -0.480 e. The monoisotopic (exact) mass is 403 g/mol. The maximum atomic E-state index is 12.6. The molecule has 0 aliphatic carbocycles. The Labute approximate surface area is 162 Å². The van der Waals surface area contributed by atoms with Crippen LogP contribution in [0.15, 0.2) is 40.3 Å². The summed E-state index contributed by atoms with van der Waals surface area (Å²) < 4.78 is -1.15. The quantitative estimate of drug-likeness (QED) is 0.444. The number of para-hydroxylation sites is 1. The van der Waals surface area contributed by atoms with Crippen LogP contribution in [0.4, 0.5) is 5.69 Å². The van der Waals surface area contributed by atoms with Gasteiger partial charge in [-0.05, 0) is 38.5 Å². The van der Waals surface area contributed by atoms with Crippen LogP contribution >= 0.6 is 23.1 Å². The molecular formula is C18H17N3O4S2. The van der Waals surface area contributed by atoms with E-state index in [1.165, 1.54) is 13.8 Å². The molecule has 0 saturated heterocycles. The highest BCUT2D eigenvalue weighted by Gasteiger charge is 2.30. The summed E-state index contributed by atoms with van der Waals surface area (Å²) in [6, 6.07) is 9.02. The van der Waals surface area contributed by atoms with Gasteiger partial charge < -0.3 is 15.4 Å². The maximum absolute atomic E-state index is 12.6. The Morgan fingerprint density at radius 1 is 1.26 bits per heavy atom. The second-order valence-electron chi connectivity index (χ2n) is 6.35. The lowest BCUT2D eigenvalue weighted by molar-refractivity contribution is -0.138. The number of aryl methyl sites for hydroxylation is 1. The van der Waals surface area contributed by atoms with E-state index in [0.29, 0.717) is 26.3 Å². The number of fused-ring (bicyclic) bond motifs is 1. The molecule has 3 aromatic rings. The maximum Gasteiger partial charge on any atom is 0.319 e. The molecule has 1 aromatic carbocycles. The first-order chi connectivity index (χ1) is 12.7. The Bertz CT molecular complexity index is 1090. The number of aliphatic carboxylic acids is 1. The van der Waals surface area contributed by atoms with Gasteiger partial charge in [0.25, 0.3) is 11.5 Å². The van der Waals surface area contributed by atoms with E-state index in [-0.39, 0.29) is 11.1 Å². The summed E-state index contributed by atoms with van der Waals surface area (Å²) in [5, 5.41) is 12.6. The van der Waals surface area contributed by atoms with Crippen LogP contribution in [0.5, 0.6) is 0 Å². The number of hydrogen-bond acceptors (Lipinski definition) is 6. The van der Waals surface area contributed by atoms with Gasteiger partial charge in [0.2, 0.25) is 0 Å². The van der Waals surface area contributed by atoms with Crippen molar-refractivity contribution in [3.8, 4) is 0 Å². The number of carbonyl (C=O) groups excluding carboxylic acids is 1. The topological polar surface area (TPSA) is 112 Å². The molecule has 0 bridgehead atoms. The molecule has 9 heteroatoms. The summed E-state index contributed by atoms with van der Waals surface area (Å²) in [5.41, 5.74) is 0.808. The van der Waals surface area contributed by atoms with Gasteiger partial charge in [-0.15, -0.1) is 11.3 Å². The Morgan fingerprint density at radius 3 is 2.56 bits per heavy atom. The molecule has 27 heavy (non-hydrogen) atoms. The zero-order valence-electron chi connectivity index (χ0n) is 14.8. The largest absolute Gasteiger partial charge is 0.480 e. The lowest BCUT2D eigenvalue weighted by Gasteiger charge is -2.16. The zero-order valence-corrected chi connectivity index (χ0v) is 16.5. The number of hydrogen-bond donors (Lipinski definition) is 3. The van der Waals surface area contributed by atoms with Gasteiger partial charge >= 0.3 is 5.97 Å². The smallest absolute Gasteiger partial charge is 0.319 e. The molecule has 3 N–H and O–H groups in total. The minimum absolute atomic E-state index is 0.205. The van der Waals surface area contributed by atoms with Gasteiger partial charge in [-0.25, -0.2) is 4.98 Å². The number of carbonyl (C=O) groups is 2. The van der Waals surface area contributed by atoms with Crippen LogP contribution in [-0.4, -0.2) is 31.7 Å². The number of aromatic amines is 1. The lowest BCUT2D eigenvalue weighted by atomic mass is 10.2. The van der Waals surface area contributed by atoms with Crippen LogP contribution in [0.25, 0.3) is 10.2 Å². The van der Waals surface area contributed by atoms with Crippen molar-refractivity contribution in [3.63, 3.8) is 0 Å². The Balaban J connectivity index is 1.99. The van der Waals surface area contributed by atoms with Crippen molar-refractivity contribution < 1.29 is 14.7 Å². The molecule has 0 saturated carbocycles. The lowest BCUT2D eigenvalue weighted by Crippen LogP contribution is -2.27. The fourth-order valence-corrected chi connectivity index (χ4v) is 4.37. The highest BCUT2D eigenvalue weighted by Crippen LogP contribution is 2.33. The predicted molar refractivity (Wildman–Crippen MR) is 107 cm³/mol. The average molecular weight is 403 g/mol. The van der Waals surface area contributed by atoms with E-state index in [1.807, 2.05) is 18.2 Å². The average Bonchev–Trinajstić information content (AvgIpc) is 2.92. The van der Waals surface area contributed by atoms with Gasteiger partial charge in [-0.1, -0.05) is 30.0 Å². The Kier molecular flexibility index (Phi) is 5.07. The number of carboxylic acid groups (broad SMARTS) is 1. The third-order valence-corrected chi connectivity index (χ3v) is 6.14. The number of rotatable bonds is 5. The van der Waals surface area contributed by atoms with Crippen molar-refractivity contribution in [1.29, 1.82) is 0 Å². The van der Waals surface area contributed by atoms with E-state index in [1.54, 1.807) is 19.1 Å². The summed E-state index contributed by atoms with van der Waals surface area (Å²) in [5.74, 6) is -1.33. The summed E-state index contributed by atoms with van der Waals surface area (Å²) in [7, 11) is 0. The van der Waals surface area contributed by atoms with Gasteiger partial charge in [0.15, 0.2) is 5.16 Å². The predicted octanol–water partition coefficient (Wildman–Crippen LogP) is 3.50. The van der Waals surface area contributed by atoms with Crippen molar-refractivity contribution in [1.82, 2.24) is 9.97 Å². The molecular weight excluding hydrogens is 386 g/mol. The van der Waals surface area contributed by atoms with E-state index < -0.39 is 16.3 Å². The van der Waals surface area contributed by atoms with Crippen molar-refractivity contribution in [3.05, 3.63) is 51.1 Å². The van der Waals surface area contributed by atoms with Gasteiger partial charge in [0.1, 0.15) is 9.58 Å². The number of nitrogens with one attached hydrogen (secondary N) is 2. The summed E-state index contributed by atoms with van der Waals surface area (Å²) in [6.45, 7) is 4.76. The normalized spacial score (nSPS) is 11.5. The fraction of sp³-hybridized carbons (Fsp3) is 0.222. The van der Waals surface area contributed by atoms with Gasteiger partial charge in [0, 0.05) is 5.69 Å². The first-order valence-electron chi connectivity index (χ1n) is 8.01. The first-order valence-corrected chi connectivity index (χ1v) is 9.64. The highest BCUT2D eigenvalue weighted by molar-refractivity contribution is 8.01. The number of H-pyrrole nitrogens is 1. The van der Waals surface area contributed by atoms with Gasteiger partial charge in [0.05, 0.1) is 10.3 Å². The molecule has 2 aromatic heterocycles. The summed E-state index contributed by atoms with van der Waals surface area (Å²) >= 11 is 2.06. The Morgan fingerprint density at radius 2 is 1.93 bits per heavy atom. The van der Waals surface area contributed by atoms with Gasteiger partial charge in [-0.3, -0.25) is 14.4 Å². The van der Waals surface area contributed by atoms with Crippen LogP contribution in [0.1, 0.15) is 29.1 Å². The molecule has 0 radical (unpaired) electrons. The van der Waals surface area contributed by atoms with Crippen molar-refractivity contribution in [2.75, 3.05) is 5.32 Å². The van der Waals surface area contributed by atoms with Crippen LogP contribution in [0, 0.1) is 6.92 Å². The zero-order chi connectivity index (χ0) is 19.8. The van der Waals surface area contributed by atoms with Gasteiger partial charge in [-0.2, -0.15) is 0 Å². The molecule has 140 valence electrons. The number of aromatic nitrogens is 2. The van der Waals surface area contributed by atoms with Crippen molar-refractivity contribution >= 4 is 50.9 Å². The molecule has 0 unspecified atom stereocenters. The molecule has 1 amide bonds. The molecule has 0 aliphatic rings. The number of thioether (sulfide) groups is 1. The minimum atomic E-state index is -1.15. The van der Waals surface area contributed by atoms with Crippen molar-refractivity contribution in [2.45, 2.75) is 30.7 Å². The van der Waals surface area contributed by atoms with Crippen LogP contribution in [-0.2, 0) is 4.79 Å². The van der Waals surface area contributed by atoms with E-state index in [0.717, 1.165) is 23.1 Å². The van der Waals surface area contributed by atoms with Crippen LogP contribution in [0.2, 0.25) is 0 Å². The van der Waals surface area contributed by atoms with Crippen LogP contribution in [0.3, 0.4) is 0 Å². The Hall–Kier alpha value is -2.65. The standard InChI is InChI=1S/C18H17N3O4S2/c1-9-11-13(22)20-17(27-18(2,3)16(24)25)21-15(11)26-12(9)14(23)19-10-7-5-4-6-8-10/h4-8H,1-3H3,(H,19,23)(H,24,25)(H,20,21,22). The molecule has 3 rings (SSSR count). The first kappa shape index (κ1) is 19.1. The summed E-state index contributed by atoms with van der Waals surface area (Å²) in [4.78, 5) is 44.2. The second kappa shape index (κ2) is 7.16. The molecule has 0 spiro atoms. The number of nitrogens with zero attached hydrogens (tertiary/aromatic N) is 1. The molecule has 2 heterocycles. The second-order valence-corrected chi connectivity index (χ2v) is 8.96. The number of thiophene rings is 1.